The summed E-state index contributed by atoms with van der Waals surface area (Å²) in [5.74, 6) is -0.542. The number of carbonyl (C=O) groups excluding carboxylic acids is 2. The monoisotopic (exact) mass is 314 g/mol. The van der Waals surface area contributed by atoms with E-state index < -0.39 is 17.6 Å². The first-order valence-electron chi connectivity index (χ1n) is 6.66. The van der Waals surface area contributed by atoms with Crippen molar-refractivity contribution in [2.75, 3.05) is 11.9 Å². The van der Waals surface area contributed by atoms with E-state index in [0.29, 0.717) is 18.1 Å². The Kier molecular flexibility index (Phi) is 5.95. The van der Waals surface area contributed by atoms with Crippen LogP contribution in [0.25, 0.3) is 0 Å². The van der Waals surface area contributed by atoms with Crippen LogP contribution in [0.1, 0.15) is 44.6 Å². The number of anilines is 1. The predicted molar refractivity (Wildman–Crippen MR) is 82.6 cm³/mol. The number of rotatable bonds is 6. The van der Waals surface area contributed by atoms with Crippen LogP contribution < -0.4 is 16.4 Å². The van der Waals surface area contributed by atoms with E-state index in [9.17, 15) is 9.59 Å². The summed E-state index contributed by atoms with van der Waals surface area (Å²) in [6.45, 7) is 7.96. The number of nitrogens with one attached hydrogen (secondary N) is 2. The van der Waals surface area contributed by atoms with Gasteiger partial charge < -0.3 is 21.1 Å². The molecule has 0 aliphatic carbocycles. The Morgan fingerprint density at radius 1 is 1.48 bits per heavy atom. The molecule has 1 atom stereocenters. The number of primary amides is 1. The van der Waals surface area contributed by atoms with E-state index in [4.69, 9.17) is 10.5 Å². The van der Waals surface area contributed by atoms with E-state index in [2.05, 4.69) is 15.6 Å². The number of amides is 2. The van der Waals surface area contributed by atoms with Gasteiger partial charge >= 0.3 is 6.09 Å². The molecule has 1 rings (SSSR count). The summed E-state index contributed by atoms with van der Waals surface area (Å²) in [5, 5.41) is 8.07. The van der Waals surface area contributed by atoms with Crippen molar-refractivity contribution in [1.82, 2.24) is 10.3 Å². The highest BCUT2D eigenvalue weighted by Gasteiger charge is 2.17. The van der Waals surface area contributed by atoms with Crippen molar-refractivity contribution < 1.29 is 14.3 Å². The van der Waals surface area contributed by atoms with Gasteiger partial charge in [0.15, 0.2) is 5.13 Å². The number of ether oxygens (including phenoxy) is 1. The summed E-state index contributed by atoms with van der Waals surface area (Å²) < 4.78 is 5.17. The van der Waals surface area contributed by atoms with Crippen LogP contribution in [0.15, 0.2) is 5.38 Å². The fraction of sp³-hybridized carbons (Fsp3) is 0.615. The zero-order valence-corrected chi connectivity index (χ0v) is 13.5. The number of carbonyl (C=O) groups is 2. The van der Waals surface area contributed by atoms with Crippen LogP contribution in [0.5, 0.6) is 0 Å². The molecule has 0 unspecified atom stereocenters. The first kappa shape index (κ1) is 17.2. The second-order valence-electron chi connectivity index (χ2n) is 5.66. The van der Waals surface area contributed by atoms with E-state index in [1.165, 1.54) is 11.3 Å². The molecule has 0 aliphatic heterocycles. The van der Waals surface area contributed by atoms with Gasteiger partial charge in [-0.15, -0.1) is 11.3 Å². The number of hydrogen-bond donors (Lipinski definition) is 3. The van der Waals surface area contributed by atoms with Gasteiger partial charge in [0.25, 0.3) is 5.91 Å². The average molecular weight is 314 g/mol. The molecule has 0 saturated heterocycles. The third-order valence-electron chi connectivity index (χ3n) is 2.37. The zero-order valence-electron chi connectivity index (χ0n) is 12.7. The summed E-state index contributed by atoms with van der Waals surface area (Å²) in [5.41, 5.74) is 4.87. The molecule has 1 aromatic rings. The molecular formula is C13H22N4O3S. The lowest BCUT2D eigenvalue weighted by Crippen LogP contribution is -2.38. The van der Waals surface area contributed by atoms with Crippen LogP contribution in [0.2, 0.25) is 0 Å². The number of thiazole rings is 1. The Balaban J connectivity index is 2.28. The van der Waals surface area contributed by atoms with Crippen molar-refractivity contribution in [3.8, 4) is 0 Å². The van der Waals surface area contributed by atoms with E-state index >= 15 is 0 Å². The van der Waals surface area contributed by atoms with Gasteiger partial charge in [-0.25, -0.2) is 9.78 Å². The van der Waals surface area contributed by atoms with Crippen molar-refractivity contribution >= 4 is 28.5 Å². The zero-order chi connectivity index (χ0) is 16.0. The van der Waals surface area contributed by atoms with Crippen LogP contribution >= 0.6 is 11.3 Å². The van der Waals surface area contributed by atoms with Crippen LogP contribution in [-0.4, -0.2) is 35.2 Å². The molecule has 0 fully saturated rings. The van der Waals surface area contributed by atoms with E-state index in [1.54, 1.807) is 5.38 Å². The number of aromatic nitrogens is 1. The third kappa shape index (κ3) is 6.94. The second kappa shape index (κ2) is 7.26. The minimum atomic E-state index is -0.542. The molecule has 1 aromatic heterocycles. The van der Waals surface area contributed by atoms with Gasteiger partial charge in [-0.05, 0) is 34.1 Å². The molecule has 0 bridgehead atoms. The Morgan fingerprint density at radius 2 is 2.14 bits per heavy atom. The number of alkyl carbamates (subject to hydrolysis) is 1. The lowest BCUT2D eigenvalue weighted by molar-refractivity contribution is 0.0507. The lowest BCUT2D eigenvalue weighted by Gasteiger charge is -2.22. The summed E-state index contributed by atoms with van der Waals surface area (Å²) in [4.78, 5) is 26.5. The Hall–Kier alpha value is -1.83. The minimum Gasteiger partial charge on any atom is -0.444 e. The molecular weight excluding hydrogens is 292 g/mol. The molecule has 8 heteroatoms. The van der Waals surface area contributed by atoms with Crippen molar-refractivity contribution in [3.63, 3.8) is 0 Å². The Morgan fingerprint density at radius 3 is 2.67 bits per heavy atom. The predicted octanol–water partition coefficient (Wildman–Crippen LogP) is 1.96. The van der Waals surface area contributed by atoms with Gasteiger partial charge in [-0.3, -0.25) is 4.79 Å². The maximum Gasteiger partial charge on any atom is 0.407 e. The van der Waals surface area contributed by atoms with Crippen molar-refractivity contribution in [1.29, 1.82) is 0 Å². The summed E-state index contributed by atoms with van der Waals surface area (Å²) in [7, 11) is 0. The summed E-state index contributed by atoms with van der Waals surface area (Å²) in [6.07, 6.45) is 0.269. The maximum atomic E-state index is 11.6. The smallest absolute Gasteiger partial charge is 0.407 e. The molecule has 118 valence electrons. The number of nitrogens with zero attached hydrogens (tertiary/aromatic N) is 1. The van der Waals surface area contributed by atoms with Crippen molar-refractivity contribution in [3.05, 3.63) is 11.1 Å². The highest BCUT2D eigenvalue weighted by atomic mass is 32.1. The number of nitrogens with two attached hydrogens (primary N) is 1. The fourth-order valence-electron chi connectivity index (χ4n) is 1.44. The standard InChI is InChI=1S/C13H22N4O3S/c1-8(16-12(19)20-13(2,3)4)5-6-15-11-17-9(7-21-11)10(14)18/h7-8H,5-6H2,1-4H3,(H2,14,18)(H,15,17)(H,16,19)/t8-/m0/s1. The molecule has 2 amide bonds. The lowest BCUT2D eigenvalue weighted by atomic mass is 10.2. The number of hydrogen-bond acceptors (Lipinski definition) is 6. The highest BCUT2D eigenvalue weighted by molar-refractivity contribution is 7.13. The van der Waals surface area contributed by atoms with Crippen molar-refractivity contribution in [2.45, 2.75) is 45.8 Å². The van der Waals surface area contributed by atoms with E-state index in [0.717, 1.165) is 0 Å². The van der Waals surface area contributed by atoms with Crippen LogP contribution in [-0.2, 0) is 4.74 Å². The van der Waals surface area contributed by atoms with Gasteiger partial charge in [-0.1, -0.05) is 0 Å². The van der Waals surface area contributed by atoms with Gasteiger partial charge in [-0.2, -0.15) is 0 Å². The molecule has 21 heavy (non-hydrogen) atoms. The molecule has 0 saturated carbocycles. The first-order chi connectivity index (χ1) is 9.67. The molecule has 7 nitrogen and oxygen atoms in total. The van der Waals surface area contributed by atoms with Crippen LogP contribution in [0.4, 0.5) is 9.93 Å². The van der Waals surface area contributed by atoms with Gasteiger partial charge in [0.1, 0.15) is 11.3 Å². The Bertz CT molecular complexity index is 496. The normalized spacial score (nSPS) is 12.6. The SMILES string of the molecule is C[C@@H](CCNc1nc(C(N)=O)cs1)NC(=O)OC(C)(C)C. The van der Waals surface area contributed by atoms with Crippen LogP contribution in [0, 0.1) is 0 Å². The highest BCUT2D eigenvalue weighted by Crippen LogP contribution is 2.15. The summed E-state index contributed by atoms with van der Waals surface area (Å²) in [6, 6.07) is -0.0390. The van der Waals surface area contributed by atoms with Gasteiger partial charge in [0.05, 0.1) is 0 Å². The maximum absolute atomic E-state index is 11.6. The van der Waals surface area contributed by atoms with Gasteiger partial charge in [0.2, 0.25) is 0 Å². The largest absolute Gasteiger partial charge is 0.444 e. The van der Waals surface area contributed by atoms with Gasteiger partial charge in [0, 0.05) is 18.0 Å². The van der Waals surface area contributed by atoms with Crippen LogP contribution in [0.3, 0.4) is 0 Å². The summed E-state index contributed by atoms with van der Waals surface area (Å²) >= 11 is 1.32. The topological polar surface area (TPSA) is 106 Å². The van der Waals surface area contributed by atoms with E-state index in [1.807, 2.05) is 27.7 Å². The fourth-order valence-corrected chi connectivity index (χ4v) is 2.17. The van der Waals surface area contributed by atoms with E-state index in [-0.39, 0.29) is 11.7 Å². The minimum absolute atomic E-state index is 0.0390. The molecule has 0 spiro atoms. The third-order valence-corrected chi connectivity index (χ3v) is 3.17. The molecule has 0 radical (unpaired) electrons. The Labute approximate surface area is 128 Å². The first-order valence-corrected chi connectivity index (χ1v) is 7.54. The molecule has 0 aliphatic rings. The van der Waals surface area contributed by atoms with Crippen molar-refractivity contribution in [2.24, 2.45) is 5.73 Å². The molecule has 4 N–H and O–H groups in total. The average Bonchev–Trinajstić information content (AvgIpc) is 2.74. The molecule has 0 aromatic carbocycles. The molecule has 1 heterocycles. The quantitative estimate of drug-likeness (QED) is 0.744. The second-order valence-corrected chi connectivity index (χ2v) is 6.52.